The summed E-state index contributed by atoms with van der Waals surface area (Å²) in [5.74, 6) is 1.77. The molecule has 18 heavy (non-hydrogen) atoms. The van der Waals surface area contributed by atoms with Gasteiger partial charge < -0.3 is 9.47 Å². The summed E-state index contributed by atoms with van der Waals surface area (Å²) in [6.45, 7) is 0. The van der Waals surface area contributed by atoms with Crippen LogP contribution in [0.15, 0.2) is 54.6 Å². The molecule has 1 heterocycles. The van der Waals surface area contributed by atoms with Crippen LogP contribution in [0.5, 0.6) is 11.5 Å². The molecule has 0 spiro atoms. The lowest BCUT2D eigenvalue weighted by atomic mass is 10.0. The molecular weight excluding hydrogens is 224 g/mol. The van der Waals surface area contributed by atoms with Crippen molar-refractivity contribution in [1.29, 1.82) is 0 Å². The van der Waals surface area contributed by atoms with E-state index >= 15 is 0 Å². The van der Waals surface area contributed by atoms with Crippen LogP contribution in [-0.4, -0.2) is 7.11 Å². The van der Waals surface area contributed by atoms with Gasteiger partial charge in [0.1, 0.15) is 17.6 Å². The van der Waals surface area contributed by atoms with Crippen molar-refractivity contribution in [3.8, 4) is 11.5 Å². The minimum Gasteiger partial charge on any atom is -0.497 e. The Morgan fingerprint density at radius 1 is 1.06 bits per heavy atom. The van der Waals surface area contributed by atoms with E-state index in [2.05, 4.69) is 12.2 Å². The molecule has 0 radical (unpaired) electrons. The summed E-state index contributed by atoms with van der Waals surface area (Å²) in [5, 5.41) is 0. The highest BCUT2D eigenvalue weighted by atomic mass is 16.5. The van der Waals surface area contributed by atoms with E-state index in [1.165, 1.54) is 0 Å². The van der Waals surface area contributed by atoms with Gasteiger partial charge in [0, 0.05) is 5.56 Å². The molecule has 0 aromatic heterocycles. The van der Waals surface area contributed by atoms with E-state index in [-0.39, 0.29) is 6.10 Å². The molecule has 0 saturated carbocycles. The normalized spacial score (nSPS) is 16.8. The van der Waals surface area contributed by atoms with Gasteiger partial charge in [-0.25, -0.2) is 0 Å². The molecule has 0 amide bonds. The summed E-state index contributed by atoms with van der Waals surface area (Å²) in [6, 6.07) is 16.0. The lowest BCUT2D eigenvalue weighted by molar-refractivity contribution is 0.251. The minimum atomic E-state index is -0.0463. The van der Waals surface area contributed by atoms with Crippen LogP contribution in [0, 0.1) is 0 Å². The van der Waals surface area contributed by atoms with E-state index in [9.17, 15) is 0 Å². The summed E-state index contributed by atoms with van der Waals surface area (Å²) in [7, 11) is 1.67. The van der Waals surface area contributed by atoms with E-state index in [1.807, 2.05) is 48.5 Å². The van der Waals surface area contributed by atoms with Crippen molar-refractivity contribution in [3.05, 3.63) is 65.7 Å². The maximum absolute atomic E-state index is 5.98. The molecule has 0 fully saturated rings. The van der Waals surface area contributed by atoms with Gasteiger partial charge in [-0.05, 0) is 29.8 Å². The predicted molar refractivity (Wildman–Crippen MR) is 71.8 cm³/mol. The predicted octanol–water partition coefficient (Wildman–Crippen LogP) is 3.84. The quantitative estimate of drug-likeness (QED) is 0.791. The largest absolute Gasteiger partial charge is 0.497 e. The monoisotopic (exact) mass is 238 g/mol. The highest BCUT2D eigenvalue weighted by Crippen LogP contribution is 2.33. The summed E-state index contributed by atoms with van der Waals surface area (Å²) >= 11 is 0. The molecule has 1 unspecified atom stereocenters. The lowest BCUT2D eigenvalue weighted by Gasteiger charge is -2.22. The molecule has 2 nitrogen and oxygen atoms in total. The van der Waals surface area contributed by atoms with Gasteiger partial charge in [0.2, 0.25) is 0 Å². The third kappa shape index (κ3) is 1.97. The average Bonchev–Trinajstić information content (AvgIpc) is 2.47. The van der Waals surface area contributed by atoms with Crippen LogP contribution < -0.4 is 9.47 Å². The van der Waals surface area contributed by atoms with Gasteiger partial charge in [-0.1, -0.05) is 36.4 Å². The van der Waals surface area contributed by atoms with Gasteiger partial charge in [0.25, 0.3) is 0 Å². The van der Waals surface area contributed by atoms with Gasteiger partial charge in [0.15, 0.2) is 0 Å². The summed E-state index contributed by atoms with van der Waals surface area (Å²) in [4.78, 5) is 0. The van der Waals surface area contributed by atoms with E-state index in [4.69, 9.17) is 9.47 Å². The Hall–Kier alpha value is -2.22. The summed E-state index contributed by atoms with van der Waals surface area (Å²) in [6.07, 6.45) is 4.12. The first kappa shape index (κ1) is 10.9. The minimum absolute atomic E-state index is 0.0463. The van der Waals surface area contributed by atoms with Crippen LogP contribution in [-0.2, 0) is 0 Å². The zero-order valence-corrected chi connectivity index (χ0v) is 10.2. The van der Waals surface area contributed by atoms with Crippen LogP contribution >= 0.6 is 0 Å². The van der Waals surface area contributed by atoms with Gasteiger partial charge >= 0.3 is 0 Å². The molecule has 1 aliphatic rings. The number of rotatable bonds is 2. The van der Waals surface area contributed by atoms with Gasteiger partial charge in [-0.15, -0.1) is 0 Å². The fourth-order valence-electron chi connectivity index (χ4n) is 2.09. The van der Waals surface area contributed by atoms with Gasteiger partial charge in [-0.3, -0.25) is 0 Å². The number of hydrogen-bond donors (Lipinski definition) is 0. The third-order valence-electron chi connectivity index (χ3n) is 3.05. The summed E-state index contributed by atoms with van der Waals surface area (Å²) in [5.41, 5.74) is 2.22. The maximum atomic E-state index is 5.98. The van der Waals surface area contributed by atoms with E-state index in [0.29, 0.717) is 0 Å². The molecule has 1 atom stereocenters. The van der Waals surface area contributed by atoms with Crippen LogP contribution in [0.1, 0.15) is 17.2 Å². The summed E-state index contributed by atoms with van der Waals surface area (Å²) < 4.78 is 11.2. The number of ether oxygens (including phenoxy) is 2. The zero-order chi connectivity index (χ0) is 12.4. The number of fused-ring (bicyclic) bond motifs is 1. The molecule has 0 N–H and O–H groups in total. The molecule has 0 bridgehead atoms. The Morgan fingerprint density at radius 3 is 2.83 bits per heavy atom. The molecule has 90 valence electrons. The van der Waals surface area contributed by atoms with Crippen LogP contribution in [0.25, 0.3) is 6.08 Å². The SMILES string of the molecule is COc1cccc(C2C=Cc3ccccc3O2)c1. The van der Waals surface area contributed by atoms with Gasteiger partial charge in [0.05, 0.1) is 7.11 Å². The first-order chi connectivity index (χ1) is 8.86. The molecular formula is C16H14O2. The molecule has 0 saturated heterocycles. The number of benzene rings is 2. The Bertz CT molecular complexity index is 587. The number of hydrogen-bond acceptors (Lipinski definition) is 2. The first-order valence-electron chi connectivity index (χ1n) is 5.94. The molecule has 1 aliphatic heterocycles. The van der Waals surface area contributed by atoms with Crippen molar-refractivity contribution < 1.29 is 9.47 Å². The Kier molecular flexibility index (Phi) is 2.77. The maximum Gasteiger partial charge on any atom is 0.142 e. The second-order valence-electron chi connectivity index (χ2n) is 4.21. The van der Waals surface area contributed by atoms with Crippen molar-refractivity contribution in [2.24, 2.45) is 0 Å². The fraction of sp³-hybridized carbons (Fsp3) is 0.125. The Balaban J connectivity index is 1.92. The van der Waals surface area contributed by atoms with E-state index < -0.39 is 0 Å². The van der Waals surface area contributed by atoms with Crippen molar-refractivity contribution in [1.82, 2.24) is 0 Å². The van der Waals surface area contributed by atoms with Crippen LogP contribution in [0.2, 0.25) is 0 Å². The van der Waals surface area contributed by atoms with E-state index in [0.717, 1.165) is 22.6 Å². The average molecular weight is 238 g/mol. The second kappa shape index (κ2) is 4.57. The first-order valence-corrected chi connectivity index (χ1v) is 5.94. The molecule has 3 rings (SSSR count). The third-order valence-corrected chi connectivity index (χ3v) is 3.05. The standard InChI is InChI=1S/C16H14O2/c1-17-14-7-4-6-13(11-14)16-10-9-12-5-2-3-8-15(12)18-16/h2-11,16H,1H3. The number of para-hydroxylation sites is 1. The van der Waals surface area contributed by atoms with Crippen molar-refractivity contribution in [2.45, 2.75) is 6.10 Å². The Morgan fingerprint density at radius 2 is 1.94 bits per heavy atom. The topological polar surface area (TPSA) is 18.5 Å². The molecule has 0 aliphatic carbocycles. The van der Waals surface area contributed by atoms with Crippen LogP contribution in [0.4, 0.5) is 0 Å². The molecule has 2 aromatic carbocycles. The molecule has 2 heteroatoms. The smallest absolute Gasteiger partial charge is 0.142 e. The zero-order valence-electron chi connectivity index (χ0n) is 10.2. The van der Waals surface area contributed by atoms with Gasteiger partial charge in [-0.2, -0.15) is 0 Å². The second-order valence-corrected chi connectivity index (χ2v) is 4.21. The van der Waals surface area contributed by atoms with Crippen molar-refractivity contribution in [2.75, 3.05) is 7.11 Å². The fourth-order valence-corrected chi connectivity index (χ4v) is 2.09. The van der Waals surface area contributed by atoms with Crippen molar-refractivity contribution >= 4 is 6.08 Å². The van der Waals surface area contributed by atoms with Crippen molar-refractivity contribution in [3.63, 3.8) is 0 Å². The highest BCUT2D eigenvalue weighted by molar-refractivity contribution is 5.60. The highest BCUT2D eigenvalue weighted by Gasteiger charge is 2.16. The van der Waals surface area contributed by atoms with E-state index in [1.54, 1.807) is 7.11 Å². The molecule has 2 aromatic rings. The van der Waals surface area contributed by atoms with Crippen LogP contribution in [0.3, 0.4) is 0 Å². The Labute approximate surface area is 106 Å². The lowest BCUT2D eigenvalue weighted by Crippen LogP contribution is -2.08. The number of methoxy groups -OCH3 is 1.